The number of piperazine rings is 1. The number of likely N-dealkylation sites (N-methyl/N-ethyl adjacent to an activating group) is 1. The number of phenolic OH excluding ortho intramolecular Hbond substituents is 1. The third kappa shape index (κ3) is 4.75. The van der Waals surface area contributed by atoms with Crippen molar-refractivity contribution >= 4 is 11.8 Å². The molecule has 1 saturated heterocycles. The first-order valence-corrected chi connectivity index (χ1v) is 7.05. The van der Waals surface area contributed by atoms with Gasteiger partial charge >= 0.3 is 0 Å². The van der Waals surface area contributed by atoms with Crippen molar-refractivity contribution in [3.8, 4) is 5.75 Å². The van der Waals surface area contributed by atoms with Crippen LogP contribution in [0.15, 0.2) is 24.3 Å². The third-order valence-corrected chi connectivity index (χ3v) is 3.59. The normalized spacial score (nSPS) is 15.8. The number of phenols is 1. The number of hydrogen-bond donors (Lipinski definition) is 2. The van der Waals surface area contributed by atoms with Crippen molar-refractivity contribution in [1.29, 1.82) is 0 Å². The van der Waals surface area contributed by atoms with Crippen LogP contribution in [0.25, 0.3) is 0 Å². The first-order chi connectivity index (χ1) is 10.0. The number of aromatic hydroxyl groups is 1. The Labute approximate surface area is 124 Å². The summed E-state index contributed by atoms with van der Waals surface area (Å²) in [4.78, 5) is 27.7. The van der Waals surface area contributed by atoms with Gasteiger partial charge in [0, 0.05) is 26.2 Å². The molecule has 0 spiro atoms. The standard InChI is InChI=1S/C15H21N3O3/c1-17-6-8-18(9-7-17)15(21)11-16-14(20)10-12-2-4-13(19)5-3-12/h2-5,19H,6-11H2,1H3,(H,16,20). The number of carbonyl (C=O) groups is 2. The van der Waals surface area contributed by atoms with Gasteiger partial charge in [-0.3, -0.25) is 9.59 Å². The van der Waals surface area contributed by atoms with Crippen LogP contribution in [0.3, 0.4) is 0 Å². The molecule has 0 bridgehead atoms. The van der Waals surface area contributed by atoms with E-state index in [1.165, 1.54) is 12.1 Å². The molecule has 2 amide bonds. The van der Waals surface area contributed by atoms with Gasteiger partial charge in [0.05, 0.1) is 13.0 Å². The van der Waals surface area contributed by atoms with Crippen molar-refractivity contribution in [2.45, 2.75) is 6.42 Å². The molecule has 0 unspecified atom stereocenters. The number of rotatable bonds is 4. The molecule has 0 atom stereocenters. The smallest absolute Gasteiger partial charge is 0.242 e. The maximum Gasteiger partial charge on any atom is 0.242 e. The van der Waals surface area contributed by atoms with Crippen molar-refractivity contribution in [3.05, 3.63) is 29.8 Å². The quantitative estimate of drug-likeness (QED) is 0.807. The minimum atomic E-state index is -0.192. The van der Waals surface area contributed by atoms with Gasteiger partial charge in [-0.1, -0.05) is 12.1 Å². The predicted molar refractivity (Wildman–Crippen MR) is 78.9 cm³/mol. The van der Waals surface area contributed by atoms with E-state index in [1.54, 1.807) is 17.0 Å². The fourth-order valence-corrected chi connectivity index (χ4v) is 2.20. The van der Waals surface area contributed by atoms with E-state index in [1.807, 2.05) is 7.05 Å². The highest BCUT2D eigenvalue weighted by atomic mass is 16.3. The van der Waals surface area contributed by atoms with Crippen LogP contribution < -0.4 is 5.32 Å². The largest absolute Gasteiger partial charge is 0.508 e. The molecule has 0 saturated carbocycles. The van der Waals surface area contributed by atoms with E-state index in [9.17, 15) is 14.7 Å². The Bertz CT molecular complexity index is 493. The van der Waals surface area contributed by atoms with Gasteiger partial charge in [-0.05, 0) is 24.7 Å². The molecule has 1 aliphatic heterocycles. The van der Waals surface area contributed by atoms with Gasteiger partial charge in [-0.25, -0.2) is 0 Å². The molecule has 21 heavy (non-hydrogen) atoms. The number of carbonyl (C=O) groups excluding carboxylic acids is 2. The maximum atomic E-state index is 12.0. The first-order valence-electron chi connectivity index (χ1n) is 7.05. The van der Waals surface area contributed by atoms with Crippen LogP contribution in [0.1, 0.15) is 5.56 Å². The van der Waals surface area contributed by atoms with Crippen molar-refractivity contribution in [2.24, 2.45) is 0 Å². The minimum absolute atomic E-state index is 0.0397. The highest BCUT2D eigenvalue weighted by Crippen LogP contribution is 2.09. The molecule has 1 fully saturated rings. The highest BCUT2D eigenvalue weighted by Gasteiger charge is 2.19. The first kappa shape index (κ1) is 15.3. The van der Waals surface area contributed by atoms with Crippen LogP contribution in [0, 0.1) is 0 Å². The zero-order chi connectivity index (χ0) is 15.2. The molecule has 2 rings (SSSR count). The summed E-state index contributed by atoms with van der Waals surface area (Å²) in [6, 6.07) is 6.46. The molecular weight excluding hydrogens is 270 g/mol. The van der Waals surface area contributed by atoms with E-state index < -0.39 is 0 Å². The Morgan fingerprint density at radius 1 is 1.14 bits per heavy atom. The van der Waals surface area contributed by atoms with Gasteiger partial charge in [0.1, 0.15) is 5.75 Å². The summed E-state index contributed by atoms with van der Waals surface area (Å²) in [6.45, 7) is 3.20. The van der Waals surface area contributed by atoms with E-state index in [0.717, 1.165) is 18.7 Å². The molecule has 114 valence electrons. The Hall–Kier alpha value is -2.08. The average molecular weight is 291 g/mol. The number of benzene rings is 1. The van der Waals surface area contributed by atoms with Gasteiger partial charge in [0.25, 0.3) is 0 Å². The van der Waals surface area contributed by atoms with Crippen LogP contribution in [-0.2, 0) is 16.0 Å². The second-order valence-corrected chi connectivity index (χ2v) is 5.30. The fourth-order valence-electron chi connectivity index (χ4n) is 2.20. The summed E-state index contributed by atoms with van der Waals surface area (Å²) >= 11 is 0. The Morgan fingerprint density at radius 2 is 1.76 bits per heavy atom. The molecule has 0 radical (unpaired) electrons. The molecule has 2 N–H and O–H groups in total. The molecule has 1 heterocycles. The van der Waals surface area contributed by atoms with E-state index in [-0.39, 0.29) is 30.5 Å². The van der Waals surface area contributed by atoms with Crippen LogP contribution in [0.5, 0.6) is 5.75 Å². The molecule has 0 aliphatic carbocycles. The number of nitrogens with one attached hydrogen (secondary N) is 1. The Kier molecular flexibility index (Phi) is 5.16. The van der Waals surface area contributed by atoms with Crippen molar-refractivity contribution in [1.82, 2.24) is 15.1 Å². The molecule has 1 aliphatic rings. The van der Waals surface area contributed by atoms with E-state index in [0.29, 0.717) is 13.1 Å². The summed E-state index contributed by atoms with van der Waals surface area (Å²) in [5.74, 6) is -0.0604. The van der Waals surface area contributed by atoms with E-state index >= 15 is 0 Å². The van der Waals surface area contributed by atoms with Crippen molar-refractivity contribution in [3.63, 3.8) is 0 Å². The van der Waals surface area contributed by atoms with Gasteiger partial charge in [-0.15, -0.1) is 0 Å². The zero-order valence-corrected chi connectivity index (χ0v) is 12.2. The minimum Gasteiger partial charge on any atom is -0.508 e. The van der Waals surface area contributed by atoms with Crippen LogP contribution in [0.4, 0.5) is 0 Å². The SMILES string of the molecule is CN1CCN(C(=O)CNC(=O)Cc2ccc(O)cc2)CC1. The van der Waals surface area contributed by atoms with Gasteiger partial charge < -0.3 is 20.2 Å². The third-order valence-electron chi connectivity index (χ3n) is 3.59. The Morgan fingerprint density at radius 3 is 2.38 bits per heavy atom. The number of hydrogen-bond acceptors (Lipinski definition) is 4. The lowest BCUT2D eigenvalue weighted by atomic mass is 10.1. The van der Waals surface area contributed by atoms with Crippen molar-refractivity contribution < 1.29 is 14.7 Å². The lowest BCUT2D eigenvalue weighted by molar-refractivity contribution is -0.134. The molecule has 1 aromatic carbocycles. The van der Waals surface area contributed by atoms with Crippen LogP contribution in [0.2, 0.25) is 0 Å². The lowest BCUT2D eigenvalue weighted by Crippen LogP contribution is -2.50. The second-order valence-electron chi connectivity index (χ2n) is 5.30. The molecule has 6 heteroatoms. The van der Waals surface area contributed by atoms with E-state index in [4.69, 9.17) is 0 Å². The molecule has 0 aromatic heterocycles. The summed E-state index contributed by atoms with van der Waals surface area (Å²) in [5.41, 5.74) is 0.803. The monoisotopic (exact) mass is 291 g/mol. The van der Waals surface area contributed by atoms with Crippen LogP contribution >= 0.6 is 0 Å². The van der Waals surface area contributed by atoms with Crippen LogP contribution in [-0.4, -0.2) is 66.5 Å². The van der Waals surface area contributed by atoms with E-state index in [2.05, 4.69) is 10.2 Å². The molecular formula is C15H21N3O3. The fraction of sp³-hybridized carbons (Fsp3) is 0.467. The number of amides is 2. The van der Waals surface area contributed by atoms with Gasteiger partial charge in [0.2, 0.25) is 11.8 Å². The summed E-state index contributed by atoms with van der Waals surface area (Å²) in [7, 11) is 2.03. The Balaban J connectivity index is 1.73. The molecule has 6 nitrogen and oxygen atoms in total. The predicted octanol–water partition coefficient (Wildman–Crippen LogP) is -0.175. The molecule has 1 aromatic rings. The second kappa shape index (κ2) is 7.08. The topological polar surface area (TPSA) is 72.9 Å². The van der Waals surface area contributed by atoms with Gasteiger partial charge in [-0.2, -0.15) is 0 Å². The summed E-state index contributed by atoms with van der Waals surface area (Å²) in [6.07, 6.45) is 0.205. The maximum absolute atomic E-state index is 12.0. The number of nitrogens with zero attached hydrogens (tertiary/aromatic N) is 2. The lowest BCUT2D eigenvalue weighted by Gasteiger charge is -2.32. The summed E-state index contributed by atoms with van der Waals surface area (Å²) in [5, 5.41) is 11.8. The van der Waals surface area contributed by atoms with Crippen molar-refractivity contribution in [2.75, 3.05) is 39.8 Å². The summed E-state index contributed by atoms with van der Waals surface area (Å²) < 4.78 is 0. The van der Waals surface area contributed by atoms with Gasteiger partial charge in [0.15, 0.2) is 0 Å². The average Bonchev–Trinajstić information content (AvgIpc) is 2.48. The zero-order valence-electron chi connectivity index (χ0n) is 12.2. The highest BCUT2D eigenvalue weighted by molar-refractivity contribution is 5.85.